The third-order valence-electron chi connectivity index (χ3n) is 3.64. The number of sulfonamides is 1. The number of nitro groups is 1. The summed E-state index contributed by atoms with van der Waals surface area (Å²) in [4.78, 5) is 23.9. The summed E-state index contributed by atoms with van der Waals surface area (Å²) in [5, 5.41) is 18.4. The SMILES string of the molecule is O=C(c1[nH]ncc1[N+](=O)[O-])N1CCN(S(=O)(=O)c2cccs2)CC1. The summed E-state index contributed by atoms with van der Waals surface area (Å²) < 4.78 is 26.4. The Morgan fingerprint density at radius 1 is 1.33 bits per heavy atom. The Balaban J connectivity index is 1.70. The Labute approximate surface area is 140 Å². The first kappa shape index (κ1) is 16.5. The molecule has 10 nitrogen and oxygen atoms in total. The number of carbonyl (C=O) groups excluding carboxylic acids is 1. The fourth-order valence-electron chi connectivity index (χ4n) is 2.40. The van der Waals surface area contributed by atoms with Crippen molar-refractivity contribution in [3.8, 4) is 0 Å². The summed E-state index contributed by atoms with van der Waals surface area (Å²) in [7, 11) is -3.56. The third-order valence-corrected chi connectivity index (χ3v) is 6.92. The van der Waals surface area contributed by atoms with Crippen LogP contribution in [0.15, 0.2) is 27.9 Å². The van der Waals surface area contributed by atoms with E-state index in [9.17, 15) is 23.3 Å². The van der Waals surface area contributed by atoms with Crippen LogP contribution in [0.5, 0.6) is 0 Å². The number of nitrogens with zero attached hydrogens (tertiary/aromatic N) is 4. The largest absolute Gasteiger partial charge is 0.334 e. The molecule has 0 unspecified atom stereocenters. The first-order valence-electron chi connectivity index (χ1n) is 6.92. The zero-order chi connectivity index (χ0) is 17.3. The van der Waals surface area contributed by atoms with E-state index in [1.165, 1.54) is 15.3 Å². The molecule has 0 saturated carbocycles. The minimum Gasteiger partial charge on any atom is -0.334 e. The Kier molecular flexibility index (Phi) is 4.34. The number of aromatic nitrogens is 2. The van der Waals surface area contributed by atoms with Gasteiger partial charge in [-0.25, -0.2) is 8.42 Å². The maximum atomic E-state index is 12.4. The average molecular weight is 371 g/mol. The smallest absolute Gasteiger partial charge is 0.319 e. The number of rotatable bonds is 4. The van der Waals surface area contributed by atoms with Crippen molar-refractivity contribution in [1.82, 2.24) is 19.4 Å². The molecule has 24 heavy (non-hydrogen) atoms. The number of piperazine rings is 1. The number of amides is 1. The van der Waals surface area contributed by atoms with Gasteiger partial charge in [0.1, 0.15) is 10.4 Å². The Bertz CT molecular complexity index is 852. The molecule has 1 amide bonds. The Hall–Kier alpha value is -2.31. The molecule has 0 radical (unpaired) electrons. The first-order chi connectivity index (χ1) is 11.4. The second-order valence-corrected chi connectivity index (χ2v) is 8.13. The van der Waals surface area contributed by atoms with Gasteiger partial charge in [0.25, 0.3) is 15.9 Å². The lowest BCUT2D eigenvalue weighted by molar-refractivity contribution is -0.385. The van der Waals surface area contributed by atoms with Crippen molar-refractivity contribution in [2.75, 3.05) is 26.2 Å². The summed E-state index contributed by atoms with van der Waals surface area (Å²) in [6.45, 7) is 0.570. The first-order valence-corrected chi connectivity index (χ1v) is 9.24. The van der Waals surface area contributed by atoms with Crippen molar-refractivity contribution in [2.45, 2.75) is 4.21 Å². The molecule has 2 aromatic rings. The van der Waals surface area contributed by atoms with Crippen molar-refractivity contribution in [1.29, 1.82) is 0 Å². The fraction of sp³-hybridized carbons (Fsp3) is 0.333. The molecular weight excluding hydrogens is 358 g/mol. The topological polar surface area (TPSA) is 130 Å². The van der Waals surface area contributed by atoms with Crippen LogP contribution in [-0.4, -0.2) is 64.8 Å². The molecule has 0 atom stereocenters. The van der Waals surface area contributed by atoms with Gasteiger partial charge in [-0.1, -0.05) is 6.07 Å². The van der Waals surface area contributed by atoms with Gasteiger partial charge in [0.05, 0.1) is 4.92 Å². The predicted molar refractivity (Wildman–Crippen MR) is 84.2 cm³/mol. The van der Waals surface area contributed by atoms with Gasteiger partial charge in [-0.2, -0.15) is 9.40 Å². The van der Waals surface area contributed by atoms with Crippen molar-refractivity contribution in [3.63, 3.8) is 0 Å². The minimum atomic E-state index is -3.56. The second kappa shape index (κ2) is 6.30. The highest BCUT2D eigenvalue weighted by Gasteiger charge is 2.33. The van der Waals surface area contributed by atoms with Gasteiger partial charge in [-0.05, 0) is 11.4 Å². The number of H-pyrrole nitrogens is 1. The van der Waals surface area contributed by atoms with E-state index in [-0.39, 0.29) is 36.1 Å². The summed E-state index contributed by atoms with van der Waals surface area (Å²) in [5.74, 6) is -0.563. The van der Waals surface area contributed by atoms with Crippen molar-refractivity contribution >= 4 is 33.0 Å². The molecule has 0 spiro atoms. The van der Waals surface area contributed by atoms with E-state index < -0.39 is 26.5 Å². The molecular formula is C12H13N5O5S2. The highest BCUT2D eigenvalue weighted by Crippen LogP contribution is 2.23. The minimum absolute atomic E-state index is 0.133. The lowest BCUT2D eigenvalue weighted by Crippen LogP contribution is -2.50. The van der Waals surface area contributed by atoms with E-state index in [1.54, 1.807) is 11.4 Å². The number of hydrogen-bond donors (Lipinski definition) is 1. The van der Waals surface area contributed by atoms with E-state index in [1.807, 2.05) is 0 Å². The van der Waals surface area contributed by atoms with Crippen LogP contribution in [0.4, 0.5) is 5.69 Å². The molecule has 3 heterocycles. The maximum Gasteiger partial charge on any atom is 0.319 e. The molecule has 0 bridgehead atoms. The van der Waals surface area contributed by atoms with Gasteiger partial charge in [0, 0.05) is 26.2 Å². The van der Waals surface area contributed by atoms with Crippen LogP contribution in [0.2, 0.25) is 0 Å². The molecule has 3 rings (SSSR count). The quantitative estimate of drug-likeness (QED) is 0.616. The molecule has 0 aromatic carbocycles. The molecule has 1 aliphatic heterocycles. The fourth-order valence-corrected chi connectivity index (χ4v) is 4.97. The van der Waals surface area contributed by atoms with Gasteiger partial charge in [0.2, 0.25) is 5.69 Å². The van der Waals surface area contributed by atoms with Crippen LogP contribution in [0.25, 0.3) is 0 Å². The van der Waals surface area contributed by atoms with Gasteiger partial charge >= 0.3 is 5.69 Å². The molecule has 1 aliphatic rings. The number of carbonyl (C=O) groups is 1. The van der Waals surface area contributed by atoms with Crippen molar-refractivity contribution < 1.29 is 18.1 Å². The van der Waals surface area contributed by atoms with Gasteiger partial charge < -0.3 is 4.90 Å². The Morgan fingerprint density at radius 2 is 2.04 bits per heavy atom. The van der Waals surface area contributed by atoms with Gasteiger partial charge in [0.15, 0.2) is 0 Å². The molecule has 1 saturated heterocycles. The normalized spacial score (nSPS) is 16.2. The van der Waals surface area contributed by atoms with Gasteiger partial charge in [-0.15, -0.1) is 11.3 Å². The van der Waals surface area contributed by atoms with Crippen LogP contribution in [0.3, 0.4) is 0 Å². The van der Waals surface area contributed by atoms with E-state index >= 15 is 0 Å². The van der Waals surface area contributed by atoms with Crippen molar-refractivity contribution in [3.05, 3.63) is 39.5 Å². The van der Waals surface area contributed by atoms with Gasteiger partial charge in [-0.3, -0.25) is 20.0 Å². The van der Waals surface area contributed by atoms with E-state index in [4.69, 9.17) is 0 Å². The molecule has 2 aromatic heterocycles. The zero-order valence-corrected chi connectivity index (χ0v) is 13.9. The van der Waals surface area contributed by atoms with Crippen LogP contribution >= 0.6 is 11.3 Å². The van der Waals surface area contributed by atoms with E-state index in [2.05, 4.69) is 10.2 Å². The molecule has 1 N–H and O–H groups in total. The summed E-state index contributed by atoms with van der Waals surface area (Å²) in [6, 6.07) is 3.19. The van der Waals surface area contributed by atoms with E-state index in [0.29, 0.717) is 0 Å². The summed E-state index contributed by atoms with van der Waals surface area (Å²) >= 11 is 1.14. The monoisotopic (exact) mass is 371 g/mol. The van der Waals surface area contributed by atoms with E-state index in [0.717, 1.165) is 17.5 Å². The van der Waals surface area contributed by atoms with Crippen molar-refractivity contribution in [2.24, 2.45) is 0 Å². The third kappa shape index (κ3) is 2.90. The summed E-state index contributed by atoms with van der Waals surface area (Å²) in [5.41, 5.74) is -0.594. The lowest BCUT2D eigenvalue weighted by Gasteiger charge is -2.33. The zero-order valence-electron chi connectivity index (χ0n) is 12.3. The highest BCUT2D eigenvalue weighted by molar-refractivity contribution is 7.91. The van der Waals surface area contributed by atoms with Crippen LogP contribution in [0.1, 0.15) is 10.5 Å². The summed E-state index contributed by atoms with van der Waals surface area (Å²) in [6.07, 6.45) is 0.977. The highest BCUT2D eigenvalue weighted by atomic mass is 32.2. The molecule has 12 heteroatoms. The number of hydrogen-bond acceptors (Lipinski definition) is 7. The number of nitrogens with one attached hydrogen (secondary N) is 1. The maximum absolute atomic E-state index is 12.4. The van der Waals surface area contributed by atoms with Crippen LogP contribution in [-0.2, 0) is 10.0 Å². The molecule has 0 aliphatic carbocycles. The van der Waals surface area contributed by atoms with Crippen LogP contribution in [0, 0.1) is 10.1 Å². The standard InChI is InChI=1S/C12H13N5O5S2/c18-12(11-9(17(19)20)8-13-14-11)15-3-5-16(6-4-15)24(21,22)10-2-1-7-23-10/h1-2,7-8H,3-6H2,(H,13,14). The van der Waals surface area contributed by atoms with Crippen LogP contribution < -0.4 is 0 Å². The number of aromatic amines is 1. The average Bonchev–Trinajstić information content (AvgIpc) is 3.25. The second-order valence-electron chi connectivity index (χ2n) is 5.02. The predicted octanol–water partition coefficient (Wildman–Crippen LogP) is 0.526. The lowest BCUT2D eigenvalue weighted by atomic mass is 10.3. The molecule has 1 fully saturated rings. The molecule has 128 valence electrons. The Morgan fingerprint density at radius 3 is 2.62 bits per heavy atom. The number of thiophene rings is 1.